The zero-order valence-electron chi connectivity index (χ0n) is 13.2. The molecule has 2 aromatic heterocycles. The fraction of sp³-hybridized carbons (Fsp3) is 0.188. The second-order valence-corrected chi connectivity index (χ2v) is 7.55. The number of hydrogen-bond acceptors (Lipinski definition) is 8. The summed E-state index contributed by atoms with van der Waals surface area (Å²) < 4.78 is 10.6. The van der Waals surface area contributed by atoms with Crippen molar-refractivity contribution in [2.24, 2.45) is 0 Å². The summed E-state index contributed by atoms with van der Waals surface area (Å²) >= 11 is 2.76. The van der Waals surface area contributed by atoms with Crippen molar-refractivity contribution in [3.8, 4) is 11.5 Å². The van der Waals surface area contributed by atoms with Gasteiger partial charge in [-0.1, -0.05) is 11.8 Å². The number of anilines is 2. The Morgan fingerprint density at radius 2 is 2.16 bits per heavy atom. The SMILES string of the molecule is C[C@@H](Sc1nc(N)c2ccsc2n1)C(=O)Nc1ccc2c(c1)OCO2. The molecule has 25 heavy (non-hydrogen) atoms. The first-order valence-electron chi connectivity index (χ1n) is 7.48. The molecule has 7 nitrogen and oxygen atoms in total. The molecule has 3 aromatic rings. The van der Waals surface area contributed by atoms with Gasteiger partial charge in [-0.3, -0.25) is 4.79 Å². The number of thiophene rings is 1. The number of fused-ring (bicyclic) bond motifs is 2. The van der Waals surface area contributed by atoms with Crippen LogP contribution in [-0.4, -0.2) is 27.9 Å². The number of ether oxygens (including phenoxy) is 2. The van der Waals surface area contributed by atoms with Crippen LogP contribution >= 0.6 is 23.1 Å². The number of nitrogens with two attached hydrogens (primary N) is 1. The number of benzene rings is 1. The summed E-state index contributed by atoms with van der Waals surface area (Å²) in [6.07, 6.45) is 0. The minimum atomic E-state index is -0.387. The summed E-state index contributed by atoms with van der Waals surface area (Å²) in [7, 11) is 0. The summed E-state index contributed by atoms with van der Waals surface area (Å²) in [6.45, 7) is 1.99. The van der Waals surface area contributed by atoms with Crippen LogP contribution in [0.5, 0.6) is 11.5 Å². The summed E-state index contributed by atoms with van der Waals surface area (Å²) in [5.41, 5.74) is 6.59. The highest BCUT2D eigenvalue weighted by molar-refractivity contribution is 8.00. The van der Waals surface area contributed by atoms with Gasteiger partial charge in [0.25, 0.3) is 0 Å². The van der Waals surface area contributed by atoms with E-state index in [0.29, 0.717) is 28.2 Å². The lowest BCUT2D eigenvalue weighted by atomic mass is 10.2. The summed E-state index contributed by atoms with van der Waals surface area (Å²) in [4.78, 5) is 22.0. The van der Waals surface area contributed by atoms with E-state index in [-0.39, 0.29) is 18.0 Å². The second-order valence-electron chi connectivity index (χ2n) is 5.35. The normalized spacial score (nSPS) is 13.8. The second kappa shape index (κ2) is 6.41. The molecular weight excluding hydrogens is 360 g/mol. The molecule has 0 unspecified atom stereocenters. The van der Waals surface area contributed by atoms with E-state index in [2.05, 4.69) is 15.3 Å². The van der Waals surface area contributed by atoms with Crippen molar-refractivity contribution >= 4 is 50.7 Å². The highest BCUT2D eigenvalue weighted by Gasteiger charge is 2.19. The molecular formula is C16H14N4O3S2. The van der Waals surface area contributed by atoms with Gasteiger partial charge in [-0.25, -0.2) is 9.97 Å². The number of carbonyl (C=O) groups is 1. The number of nitrogens with one attached hydrogen (secondary N) is 1. The van der Waals surface area contributed by atoms with E-state index in [1.165, 1.54) is 23.1 Å². The molecule has 0 fully saturated rings. The Morgan fingerprint density at radius 3 is 3.04 bits per heavy atom. The first-order chi connectivity index (χ1) is 12.1. The lowest BCUT2D eigenvalue weighted by Crippen LogP contribution is -2.22. The van der Waals surface area contributed by atoms with E-state index in [1.807, 2.05) is 11.4 Å². The third kappa shape index (κ3) is 3.20. The van der Waals surface area contributed by atoms with Crippen molar-refractivity contribution in [3.63, 3.8) is 0 Å². The average Bonchev–Trinajstić information content (AvgIpc) is 3.23. The van der Waals surface area contributed by atoms with Crippen molar-refractivity contribution in [1.82, 2.24) is 9.97 Å². The largest absolute Gasteiger partial charge is 0.454 e. The molecule has 0 saturated carbocycles. The first-order valence-corrected chi connectivity index (χ1v) is 9.24. The molecule has 4 rings (SSSR count). The van der Waals surface area contributed by atoms with Crippen LogP contribution in [0.3, 0.4) is 0 Å². The predicted octanol–water partition coefficient (Wildman–Crippen LogP) is 3.12. The van der Waals surface area contributed by atoms with Gasteiger partial charge < -0.3 is 20.5 Å². The molecule has 9 heteroatoms. The van der Waals surface area contributed by atoms with Crippen LogP contribution in [0, 0.1) is 0 Å². The number of carbonyl (C=O) groups excluding carboxylic acids is 1. The minimum absolute atomic E-state index is 0.155. The van der Waals surface area contributed by atoms with Gasteiger partial charge in [0.05, 0.1) is 10.6 Å². The highest BCUT2D eigenvalue weighted by atomic mass is 32.2. The number of amides is 1. The molecule has 1 aliphatic rings. The summed E-state index contributed by atoms with van der Waals surface area (Å²) in [5, 5.41) is 5.72. The number of thioether (sulfide) groups is 1. The van der Waals surface area contributed by atoms with Gasteiger partial charge in [-0.2, -0.15) is 0 Å². The van der Waals surface area contributed by atoms with Crippen molar-refractivity contribution in [3.05, 3.63) is 29.6 Å². The highest BCUT2D eigenvalue weighted by Crippen LogP contribution is 2.34. The van der Waals surface area contributed by atoms with E-state index in [4.69, 9.17) is 15.2 Å². The molecule has 3 heterocycles. The molecule has 0 bridgehead atoms. The van der Waals surface area contributed by atoms with E-state index in [1.54, 1.807) is 25.1 Å². The summed E-state index contributed by atoms with van der Waals surface area (Å²) in [6, 6.07) is 7.17. The number of nitrogens with zero attached hydrogens (tertiary/aromatic N) is 2. The first kappa shape index (κ1) is 16.0. The van der Waals surface area contributed by atoms with Crippen LogP contribution in [0.25, 0.3) is 10.2 Å². The van der Waals surface area contributed by atoms with Crippen LogP contribution in [0.2, 0.25) is 0 Å². The molecule has 1 aromatic carbocycles. The lowest BCUT2D eigenvalue weighted by molar-refractivity contribution is -0.115. The molecule has 0 radical (unpaired) electrons. The number of aromatic nitrogens is 2. The Hall–Kier alpha value is -2.52. The molecule has 0 aliphatic carbocycles. The van der Waals surface area contributed by atoms with Gasteiger partial charge in [-0.15, -0.1) is 11.3 Å². The molecule has 0 saturated heterocycles. The zero-order chi connectivity index (χ0) is 17.4. The molecule has 1 aliphatic heterocycles. The third-order valence-electron chi connectivity index (χ3n) is 3.63. The Kier molecular flexibility index (Phi) is 4.10. The maximum absolute atomic E-state index is 12.4. The molecule has 128 valence electrons. The number of nitrogen functional groups attached to an aromatic ring is 1. The lowest BCUT2D eigenvalue weighted by Gasteiger charge is -2.12. The molecule has 1 atom stereocenters. The molecule has 0 spiro atoms. The van der Waals surface area contributed by atoms with Gasteiger partial charge in [0.1, 0.15) is 10.6 Å². The summed E-state index contributed by atoms with van der Waals surface area (Å²) in [5.74, 6) is 1.57. The van der Waals surface area contributed by atoms with Gasteiger partial charge in [-0.05, 0) is 30.5 Å². The Labute approximate surface area is 151 Å². The van der Waals surface area contributed by atoms with Crippen molar-refractivity contribution in [1.29, 1.82) is 0 Å². The molecule has 1 amide bonds. The fourth-order valence-electron chi connectivity index (χ4n) is 2.34. The Morgan fingerprint density at radius 1 is 1.32 bits per heavy atom. The van der Waals surface area contributed by atoms with Crippen molar-refractivity contribution < 1.29 is 14.3 Å². The topological polar surface area (TPSA) is 99.4 Å². The van der Waals surface area contributed by atoms with E-state index in [0.717, 1.165) is 10.2 Å². The maximum atomic E-state index is 12.4. The van der Waals surface area contributed by atoms with Gasteiger partial charge in [0.15, 0.2) is 16.7 Å². The quantitative estimate of drug-likeness (QED) is 0.534. The van der Waals surface area contributed by atoms with Gasteiger partial charge >= 0.3 is 0 Å². The van der Waals surface area contributed by atoms with Crippen LogP contribution < -0.4 is 20.5 Å². The van der Waals surface area contributed by atoms with Crippen molar-refractivity contribution in [2.75, 3.05) is 17.8 Å². The van der Waals surface area contributed by atoms with Crippen LogP contribution in [-0.2, 0) is 4.79 Å². The van der Waals surface area contributed by atoms with E-state index >= 15 is 0 Å². The standard InChI is InChI=1S/C16H14N4O3S2/c1-8(25-16-19-13(17)10-4-5-24-15(10)20-16)14(21)18-9-2-3-11-12(6-9)23-7-22-11/h2-6,8H,7H2,1H3,(H,18,21)(H2,17,19,20)/t8-/m1/s1. The Bertz CT molecular complexity index is 960. The van der Waals surface area contributed by atoms with Crippen LogP contribution in [0.4, 0.5) is 11.5 Å². The average molecular weight is 374 g/mol. The smallest absolute Gasteiger partial charge is 0.237 e. The monoisotopic (exact) mass is 374 g/mol. The number of rotatable bonds is 4. The van der Waals surface area contributed by atoms with Crippen molar-refractivity contribution in [2.45, 2.75) is 17.3 Å². The van der Waals surface area contributed by atoms with E-state index in [9.17, 15) is 4.79 Å². The maximum Gasteiger partial charge on any atom is 0.237 e. The fourth-order valence-corrected chi connectivity index (χ4v) is 3.95. The third-order valence-corrected chi connectivity index (χ3v) is 5.39. The van der Waals surface area contributed by atoms with Gasteiger partial charge in [0.2, 0.25) is 12.7 Å². The van der Waals surface area contributed by atoms with Crippen LogP contribution in [0.1, 0.15) is 6.92 Å². The van der Waals surface area contributed by atoms with Crippen LogP contribution in [0.15, 0.2) is 34.8 Å². The van der Waals surface area contributed by atoms with E-state index < -0.39 is 0 Å². The Balaban J connectivity index is 1.46. The van der Waals surface area contributed by atoms with Gasteiger partial charge in [0, 0.05) is 11.8 Å². The zero-order valence-corrected chi connectivity index (χ0v) is 14.8. The number of hydrogen-bond donors (Lipinski definition) is 2. The predicted molar refractivity (Wildman–Crippen MR) is 98.3 cm³/mol. The molecule has 3 N–H and O–H groups in total. The minimum Gasteiger partial charge on any atom is -0.454 e.